The van der Waals surface area contributed by atoms with Crippen LogP contribution in [0.5, 0.6) is 0 Å². The third-order valence-electron chi connectivity index (χ3n) is 6.20. The number of hydrogen-bond acceptors (Lipinski definition) is 4. The lowest BCUT2D eigenvalue weighted by Crippen LogP contribution is -2.19. The van der Waals surface area contributed by atoms with E-state index >= 15 is 0 Å². The fraction of sp³-hybridized carbons (Fsp3) is 1.00. The third-order valence-corrected chi connectivity index (χ3v) is 6.79. The molecule has 0 amide bonds. The Hall–Kier alpha value is -0.130. The second kappa shape index (κ2) is 9.00. The van der Waals surface area contributed by atoms with Gasteiger partial charge in [0.15, 0.2) is 0 Å². The first-order valence-electron chi connectivity index (χ1n) is 9.43. The molecule has 1 N–H and O–H groups in total. The third kappa shape index (κ3) is 7.40. The van der Waals surface area contributed by atoms with Gasteiger partial charge >= 0.3 is 0 Å². The molecule has 2 fully saturated rings. The average Bonchev–Trinajstić information content (AvgIpc) is 2.92. The molecule has 2 atom stereocenters. The number of aliphatic hydroxyl groups excluding tert-OH is 1. The molecule has 0 aromatic rings. The van der Waals surface area contributed by atoms with Crippen molar-refractivity contribution in [3.63, 3.8) is 0 Å². The van der Waals surface area contributed by atoms with Gasteiger partial charge in [-0.1, -0.05) is 40.5 Å². The van der Waals surface area contributed by atoms with Crippen LogP contribution >= 0.6 is 0 Å². The molecule has 2 unspecified atom stereocenters. The summed E-state index contributed by atoms with van der Waals surface area (Å²) in [6, 6.07) is 0. The fourth-order valence-electron chi connectivity index (χ4n) is 4.37. The van der Waals surface area contributed by atoms with Gasteiger partial charge in [0.1, 0.15) is 0 Å². The maximum atomic E-state index is 10.7. The molecule has 2 aliphatic carbocycles. The van der Waals surface area contributed by atoms with Crippen molar-refractivity contribution in [2.24, 2.45) is 22.7 Å². The van der Waals surface area contributed by atoms with Gasteiger partial charge in [0.2, 0.25) is 0 Å². The van der Waals surface area contributed by atoms with E-state index in [1.807, 2.05) is 0 Å². The Balaban J connectivity index is 0.000000254. The van der Waals surface area contributed by atoms with Gasteiger partial charge in [-0.15, -0.1) is 0 Å². The molecule has 2 rings (SSSR count). The van der Waals surface area contributed by atoms with E-state index in [0.29, 0.717) is 30.0 Å². The number of rotatable bonds is 6. The van der Waals surface area contributed by atoms with Crippen molar-refractivity contribution >= 4 is 10.1 Å². The van der Waals surface area contributed by atoms with Gasteiger partial charge in [0.25, 0.3) is 10.1 Å². The van der Waals surface area contributed by atoms with Gasteiger partial charge in [0.05, 0.1) is 12.9 Å². The maximum Gasteiger partial charge on any atom is 0.264 e. The summed E-state index contributed by atoms with van der Waals surface area (Å²) in [5.41, 5.74) is 0.865. The molecule has 0 radical (unpaired) electrons. The van der Waals surface area contributed by atoms with Crippen LogP contribution in [0.1, 0.15) is 79.1 Å². The minimum Gasteiger partial charge on any atom is -0.396 e. The van der Waals surface area contributed by atoms with E-state index in [1.165, 1.54) is 38.5 Å². The molecule has 4 nitrogen and oxygen atoms in total. The highest BCUT2D eigenvalue weighted by Crippen LogP contribution is 2.44. The zero-order valence-electron chi connectivity index (χ0n) is 16.3. The van der Waals surface area contributed by atoms with Crippen LogP contribution in [0.2, 0.25) is 0 Å². The molecule has 24 heavy (non-hydrogen) atoms. The van der Waals surface area contributed by atoms with Crippen LogP contribution in [0.3, 0.4) is 0 Å². The summed E-state index contributed by atoms with van der Waals surface area (Å²) in [6.07, 6.45) is 10.7. The summed E-state index contributed by atoms with van der Waals surface area (Å²) in [4.78, 5) is 0. The van der Waals surface area contributed by atoms with Gasteiger partial charge in [-0.2, -0.15) is 8.42 Å². The largest absolute Gasteiger partial charge is 0.396 e. The smallest absolute Gasteiger partial charge is 0.264 e. The molecule has 0 aromatic heterocycles. The first kappa shape index (κ1) is 21.9. The molecule has 0 saturated heterocycles. The summed E-state index contributed by atoms with van der Waals surface area (Å²) in [5.74, 6) is 1.39. The summed E-state index contributed by atoms with van der Waals surface area (Å²) in [7, 11) is -3.25. The van der Waals surface area contributed by atoms with Crippen LogP contribution in [-0.2, 0) is 14.3 Å². The van der Waals surface area contributed by atoms with Crippen LogP contribution in [-0.4, -0.2) is 33.0 Å². The van der Waals surface area contributed by atoms with Crippen molar-refractivity contribution < 1.29 is 17.7 Å². The predicted octanol–water partition coefficient (Wildman–Crippen LogP) is 4.37. The summed E-state index contributed by atoms with van der Waals surface area (Å²) in [5, 5.41) is 8.76. The Bertz CT molecular complexity index is 468. The van der Waals surface area contributed by atoms with Crippen molar-refractivity contribution in [2.45, 2.75) is 79.1 Å². The highest BCUT2D eigenvalue weighted by atomic mass is 32.2. The Morgan fingerprint density at radius 3 is 1.75 bits per heavy atom. The molecule has 5 heteroatoms. The summed E-state index contributed by atoms with van der Waals surface area (Å²) in [6.45, 7) is 9.86. The van der Waals surface area contributed by atoms with E-state index in [2.05, 4.69) is 27.7 Å². The zero-order chi connectivity index (χ0) is 18.4. The standard InChI is InChI=1S/C10H20O3S.C9H18O/c1-10(2)7-4-5-9(10)6-8-13-14(3,11)12;1-9(2)6-3-4-8(9)5-7-10/h9H,4-8H2,1-3H3;8,10H,3-7H2,1-2H3. The minimum atomic E-state index is -3.25. The van der Waals surface area contributed by atoms with E-state index in [0.717, 1.165) is 25.0 Å². The van der Waals surface area contributed by atoms with E-state index in [4.69, 9.17) is 9.29 Å². The highest BCUT2D eigenvalue weighted by molar-refractivity contribution is 7.85. The summed E-state index contributed by atoms with van der Waals surface area (Å²) >= 11 is 0. The minimum absolute atomic E-state index is 0.340. The van der Waals surface area contributed by atoms with Gasteiger partial charge in [-0.3, -0.25) is 4.18 Å². The number of hydrogen-bond donors (Lipinski definition) is 1. The predicted molar refractivity (Wildman–Crippen MR) is 99.4 cm³/mol. The van der Waals surface area contributed by atoms with Gasteiger partial charge in [0, 0.05) is 6.61 Å². The Morgan fingerprint density at radius 2 is 1.42 bits per heavy atom. The van der Waals surface area contributed by atoms with Gasteiger partial charge in [-0.05, 0) is 61.2 Å². The van der Waals surface area contributed by atoms with Crippen molar-refractivity contribution in [1.82, 2.24) is 0 Å². The van der Waals surface area contributed by atoms with Crippen LogP contribution in [0.25, 0.3) is 0 Å². The lowest BCUT2D eigenvalue weighted by Gasteiger charge is -2.26. The van der Waals surface area contributed by atoms with Crippen molar-refractivity contribution in [1.29, 1.82) is 0 Å². The topological polar surface area (TPSA) is 63.6 Å². The SMILES string of the molecule is CC1(C)CCCC1CCO.CC1(C)CCCC1CCOS(C)(=O)=O. The lowest BCUT2D eigenvalue weighted by molar-refractivity contribution is 0.188. The molecule has 0 aliphatic heterocycles. The van der Waals surface area contributed by atoms with Crippen molar-refractivity contribution in [2.75, 3.05) is 19.5 Å². The van der Waals surface area contributed by atoms with Crippen LogP contribution in [0.15, 0.2) is 0 Å². The molecular formula is C19H38O4S. The zero-order valence-corrected chi connectivity index (χ0v) is 17.1. The fourth-order valence-corrected chi connectivity index (χ4v) is 4.76. The molecule has 2 saturated carbocycles. The second-order valence-corrected chi connectivity index (χ2v) is 10.6. The van der Waals surface area contributed by atoms with E-state index in [-0.39, 0.29) is 0 Å². The molecular weight excluding hydrogens is 324 g/mol. The van der Waals surface area contributed by atoms with Crippen LogP contribution in [0.4, 0.5) is 0 Å². The van der Waals surface area contributed by atoms with E-state index in [1.54, 1.807) is 0 Å². The lowest BCUT2D eigenvalue weighted by atomic mass is 9.80. The van der Waals surface area contributed by atoms with Crippen molar-refractivity contribution in [3.05, 3.63) is 0 Å². The Morgan fingerprint density at radius 1 is 0.958 bits per heavy atom. The molecule has 0 aromatic carbocycles. The van der Waals surface area contributed by atoms with Gasteiger partial charge < -0.3 is 5.11 Å². The Kier molecular flexibility index (Phi) is 8.21. The van der Waals surface area contributed by atoms with Crippen molar-refractivity contribution in [3.8, 4) is 0 Å². The summed E-state index contributed by atoms with van der Waals surface area (Å²) < 4.78 is 26.2. The van der Waals surface area contributed by atoms with Gasteiger partial charge in [-0.25, -0.2) is 0 Å². The molecule has 0 spiro atoms. The van der Waals surface area contributed by atoms with E-state index < -0.39 is 10.1 Å². The highest BCUT2D eigenvalue weighted by Gasteiger charge is 2.34. The normalized spacial score (nSPS) is 28.4. The quantitative estimate of drug-likeness (QED) is 0.713. The molecule has 144 valence electrons. The maximum absolute atomic E-state index is 10.7. The Labute approximate surface area is 149 Å². The first-order chi connectivity index (χ1) is 11.0. The number of aliphatic hydroxyl groups is 1. The first-order valence-corrected chi connectivity index (χ1v) is 11.2. The molecule has 2 aliphatic rings. The van der Waals surface area contributed by atoms with E-state index in [9.17, 15) is 8.42 Å². The molecule has 0 bridgehead atoms. The molecule has 0 heterocycles. The monoisotopic (exact) mass is 362 g/mol. The average molecular weight is 363 g/mol. The van der Waals surface area contributed by atoms with Crippen LogP contribution < -0.4 is 0 Å². The second-order valence-electron chi connectivity index (χ2n) is 8.98. The van der Waals surface area contributed by atoms with Crippen LogP contribution in [0, 0.1) is 22.7 Å².